The van der Waals surface area contributed by atoms with Crippen LogP contribution in [0.2, 0.25) is 0 Å². The molecule has 0 heterocycles. The van der Waals surface area contributed by atoms with E-state index in [9.17, 15) is 4.79 Å². The number of methoxy groups -OCH3 is 2. The lowest BCUT2D eigenvalue weighted by Gasteiger charge is -2.18. The molecule has 0 aromatic heterocycles. The van der Waals surface area contributed by atoms with E-state index in [1.54, 1.807) is 14.2 Å². The Morgan fingerprint density at radius 3 is 2.33 bits per heavy atom. The number of allylic oxidation sites excluding steroid dienone is 2. The summed E-state index contributed by atoms with van der Waals surface area (Å²) in [5.74, 6) is 1.49. The van der Waals surface area contributed by atoms with Crippen molar-refractivity contribution in [2.45, 2.75) is 32.3 Å². The molecule has 1 amide bonds. The van der Waals surface area contributed by atoms with Gasteiger partial charge in [-0.25, -0.2) is 4.79 Å². The van der Waals surface area contributed by atoms with Crippen LogP contribution in [0.25, 0.3) is 0 Å². The second-order valence-corrected chi connectivity index (χ2v) is 6.67. The van der Waals surface area contributed by atoms with Gasteiger partial charge in [-0.15, -0.1) is 0 Å². The molecule has 2 rings (SSSR count). The lowest BCUT2D eigenvalue weighted by Crippen LogP contribution is -2.31. The van der Waals surface area contributed by atoms with E-state index in [2.05, 4.69) is 12.2 Å². The molecule has 162 valence electrons. The maximum Gasteiger partial charge on any atom is 0.434 e. The quantitative estimate of drug-likeness (QED) is 0.273. The van der Waals surface area contributed by atoms with Crippen LogP contribution >= 0.6 is 0 Å². The summed E-state index contributed by atoms with van der Waals surface area (Å²) in [5, 5.41) is 1.25. The van der Waals surface area contributed by atoms with Gasteiger partial charge in [0.1, 0.15) is 6.61 Å². The smallest absolute Gasteiger partial charge is 0.434 e. The van der Waals surface area contributed by atoms with Gasteiger partial charge in [-0.3, -0.25) is 4.84 Å². The molecule has 0 unspecified atom stereocenters. The molecule has 0 aliphatic carbocycles. The summed E-state index contributed by atoms with van der Waals surface area (Å²) in [7, 11) is 4.75. The zero-order chi connectivity index (χ0) is 21.6. The summed E-state index contributed by atoms with van der Waals surface area (Å²) in [6.07, 6.45) is 7.32. The Morgan fingerprint density at radius 2 is 1.63 bits per heavy atom. The van der Waals surface area contributed by atoms with Crippen molar-refractivity contribution in [2.24, 2.45) is 0 Å². The first-order valence-electron chi connectivity index (χ1n) is 10.1. The van der Waals surface area contributed by atoms with Crippen molar-refractivity contribution >= 4 is 6.09 Å². The molecule has 0 atom stereocenters. The van der Waals surface area contributed by atoms with Gasteiger partial charge in [0.15, 0.2) is 11.5 Å². The van der Waals surface area contributed by atoms with Crippen molar-refractivity contribution in [2.75, 3.05) is 27.9 Å². The van der Waals surface area contributed by atoms with Crippen LogP contribution in [-0.4, -0.2) is 39.0 Å². The molecule has 6 heteroatoms. The summed E-state index contributed by atoms with van der Waals surface area (Å²) in [6, 6.07) is 15.6. The topological polar surface area (TPSA) is 57.2 Å². The highest BCUT2D eigenvalue weighted by Gasteiger charge is 2.14. The van der Waals surface area contributed by atoms with Gasteiger partial charge in [-0.1, -0.05) is 48.6 Å². The molecule has 30 heavy (non-hydrogen) atoms. The normalized spacial score (nSPS) is 10.8. The van der Waals surface area contributed by atoms with Gasteiger partial charge in [0, 0.05) is 0 Å². The van der Waals surface area contributed by atoms with E-state index in [1.165, 1.54) is 17.7 Å². The highest BCUT2D eigenvalue weighted by molar-refractivity contribution is 5.66. The number of rotatable bonds is 12. The van der Waals surface area contributed by atoms with E-state index in [-0.39, 0.29) is 6.61 Å². The van der Waals surface area contributed by atoms with Gasteiger partial charge in [0.25, 0.3) is 0 Å². The number of hydrogen-bond donors (Lipinski definition) is 0. The first-order valence-corrected chi connectivity index (χ1v) is 10.1. The van der Waals surface area contributed by atoms with Crippen molar-refractivity contribution < 1.29 is 23.8 Å². The number of ether oxygens (including phenoxy) is 3. The van der Waals surface area contributed by atoms with Gasteiger partial charge in [-0.2, -0.15) is 5.06 Å². The number of hydrogen-bond acceptors (Lipinski definition) is 5. The van der Waals surface area contributed by atoms with E-state index in [1.807, 2.05) is 48.5 Å². The third-order valence-electron chi connectivity index (χ3n) is 4.58. The maximum atomic E-state index is 12.1. The minimum atomic E-state index is -0.473. The van der Waals surface area contributed by atoms with E-state index in [4.69, 9.17) is 19.0 Å². The van der Waals surface area contributed by atoms with E-state index in [0.29, 0.717) is 6.54 Å². The van der Waals surface area contributed by atoms with E-state index in [0.717, 1.165) is 42.7 Å². The SMILES string of the molecule is COc1ccc(CC/C=C/CCCN(OC)C(=O)OCc2ccccc2)cc1OC. The summed E-state index contributed by atoms with van der Waals surface area (Å²) >= 11 is 0. The predicted molar refractivity (Wildman–Crippen MR) is 117 cm³/mol. The van der Waals surface area contributed by atoms with Crippen LogP contribution < -0.4 is 9.47 Å². The zero-order valence-electron chi connectivity index (χ0n) is 18.0. The molecule has 0 saturated carbocycles. The van der Waals surface area contributed by atoms with Gasteiger partial charge < -0.3 is 14.2 Å². The fraction of sp³-hybridized carbons (Fsp3) is 0.375. The molecule has 0 bridgehead atoms. The fourth-order valence-electron chi connectivity index (χ4n) is 2.92. The highest BCUT2D eigenvalue weighted by Crippen LogP contribution is 2.28. The lowest BCUT2D eigenvalue weighted by molar-refractivity contribution is -0.111. The van der Waals surface area contributed by atoms with Gasteiger partial charge in [0.05, 0.1) is 27.9 Å². The van der Waals surface area contributed by atoms with Gasteiger partial charge >= 0.3 is 6.09 Å². The average molecular weight is 414 g/mol. The number of unbranched alkanes of at least 4 members (excludes halogenated alkanes) is 1. The maximum absolute atomic E-state index is 12.1. The first kappa shape index (κ1) is 23.3. The van der Waals surface area contributed by atoms with Crippen molar-refractivity contribution in [3.05, 3.63) is 71.8 Å². The number of nitrogens with zero attached hydrogens (tertiary/aromatic N) is 1. The molecule has 6 nitrogen and oxygen atoms in total. The van der Waals surface area contributed by atoms with E-state index >= 15 is 0 Å². The number of carbonyl (C=O) groups is 1. The molecule has 0 fully saturated rings. The summed E-state index contributed by atoms with van der Waals surface area (Å²) in [5.41, 5.74) is 2.14. The molecular weight excluding hydrogens is 382 g/mol. The third kappa shape index (κ3) is 7.79. The van der Waals surface area contributed by atoms with Gasteiger partial charge in [0.2, 0.25) is 0 Å². The molecule has 0 spiro atoms. The molecule has 0 saturated heterocycles. The number of aryl methyl sites for hydroxylation is 1. The molecular formula is C24H31NO5. The number of carbonyl (C=O) groups excluding carboxylic acids is 1. The van der Waals surface area contributed by atoms with Gasteiger partial charge in [-0.05, 0) is 48.9 Å². The third-order valence-corrected chi connectivity index (χ3v) is 4.58. The zero-order valence-corrected chi connectivity index (χ0v) is 18.0. The van der Waals surface area contributed by atoms with Crippen molar-refractivity contribution in [1.29, 1.82) is 0 Å². The average Bonchev–Trinajstić information content (AvgIpc) is 2.79. The Balaban J connectivity index is 1.65. The Hall–Kier alpha value is -2.99. The number of hydroxylamine groups is 2. The molecule has 2 aromatic carbocycles. The lowest BCUT2D eigenvalue weighted by atomic mass is 10.1. The standard InChI is InChI=1S/C24H31NO5/c1-27-22-16-15-20(18-23(22)28-2)12-8-5-4-6-11-17-25(29-3)24(26)30-19-21-13-9-7-10-14-21/h4-5,7,9-10,13-16,18H,6,8,11-12,17,19H2,1-3H3/b5-4+. The van der Waals surface area contributed by atoms with Crippen LogP contribution in [0.5, 0.6) is 11.5 Å². The predicted octanol–water partition coefficient (Wildman–Crippen LogP) is 5.17. The Labute approximate surface area is 179 Å². The van der Waals surface area contributed by atoms with Crippen LogP contribution in [0, 0.1) is 0 Å². The monoisotopic (exact) mass is 413 g/mol. The van der Waals surface area contributed by atoms with Crippen LogP contribution in [-0.2, 0) is 22.6 Å². The van der Waals surface area contributed by atoms with Crippen LogP contribution in [0.1, 0.15) is 30.4 Å². The molecule has 0 radical (unpaired) electrons. The molecule has 0 aliphatic heterocycles. The van der Waals surface area contributed by atoms with Crippen LogP contribution in [0.4, 0.5) is 4.79 Å². The second kappa shape index (κ2) is 13.3. The summed E-state index contributed by atoms with van der Waals surface area (Å²) < 4.78 is 15.9. The molecule has 0 N–H and O–H groups in total. The van der Waals surface area contributed by atoms with E-state index < -0.39 is 6.09 Å². The second-order valence-electron chi connectivity index (χ2n) is 6.67. The minimum Gasteiger partial charge on any atom is -0.493 e. The largest absolute Gasteiger partial charge is 0.493 e. The number of amides is 1. The Morgan fingerprint density at radius 1 is 0.900 bits per heavy atom. The molecule has 2 aromatic rings. The Bertz CT molecular complexity index is 791. The van der Waals surface area contributed by atoms with Crippen molar-refractivity contribution in [3.63, 3.8) is 0 Å². The molecule has 0 aliphatic rings. The summed E-state index contributed by atoms with van der Waals surface area (Å²) in [6.45, 7) is 0.708. The van der Waals surface area contributed by atoms with Crippen LogP contribution in [0.3, 0.4) is 0 Å². The first-order chi connectivity index (χ1) is 14.7. The number of benzene rings is 2. The fourth-order valence-corrected chi connectivity index (χ4v) is 2.92. The Kier molecular flexibility index (Phi) is 10.3. The highest BCUT2D eigenvalue weighted by atomic mass is 16.7. The van der Waals surface area contributed by atoms with Crippen molar-refractivity contribution in [3.8, 4) is 11.5 Å². The summed E-state index contributed by atoms with van der Waals surface area (Å²) in [4.78, 5) is 17.2. The van der Waals surface area contributed by atoms with Crippen LogP contribution in [0.15, 0.2) is 60.7 Å². The van der Waals surface area contributed by atoms with Crippen molar-refractivity contribution in [1.82, 2.24) is 5.06 Å². The minimum absolute atomic E-state index is 0.232.